The van der Waals surface area contributed by atoms with E-state index in [4.69, 9.17) is 4.74 Å². The summed E-state index contributed by atoms with van der Waals surface area (Å²) in [5, 5.41) is 12.2. The summed E-state index contributed by atoms with van der Waals surface area (Å²) in [5.41, 5.74) is 2.08. The summed E-state index contributed by atoms with van der Waals surface area (Å²) in [6, 6.07) is 14.2. The Balaban J connectivity index is 1.43. The maximum atomic E-state index is 13.0. The van der Waals surface area contributed by atoms with Crippen molar-refractivity contribution in [1.82, 2.24) is 14.5 Å². The minimum atomic E-state index is -3.69. The number of nitrogens with zero attached hydrogens (tertiary/aromatic N) is 3. The van der Waals surface area contributed by atoms with E-state index in [0.29, 0.717) is 35.3 Å². The van der Waals surface area contributed by atoms with Crippen LogP contribution in [0.4, 0.5) is 5.13 Å². The maximum Gasteiger partial charge on any atom is 0.243 e. The third-order valence-corrected chi connectivity index (χ3v) is 8.17. The number of aryl methyl sites for hydroxylation is 1. The molecule has 1 aliphatic rings. The number of carbonyl (C=O) groups is 1. The minimum Gasteiger partial charge on any atom is -0.497 e. The van der Waals surface area contributed by atoms with Crippen LogP contribution in [0.15, 0.2) is 53.4 Å². The highest BCUT2D eigenvalue weighted by Gasteiger charge is 2.33. The number of aromatic nitrogens is 2. The number of nitrogens with one attached hydrogen (secondary N) is 1. The molecule has 1 saturated heterocycles. The van der Waals surface area contributed by atoms with Crippen LogP contribution in [0, 0.1) is 12.8 Å². The van der Waals surface area contributed by atoms with Gasteiger partial charge in [-0.25, -0.2) is 8.42 Å². The number of anilines is 1. The lowest BCUT2D eigenvalue weighted by atomic mass is 9.99. The SMILES string of the molecule is COc1ccc(S(=O)(=O)N2CCC[C@H](C(=O)Nc3nnc(-c4ccc(C)cc4)s3)C2)cc1. The van der Waals surface area contributed by atoms with Gasteiger partial charge in [-0.1, -0.05) is 41.2 Å². The zero-order valence-electron chi connectivity index (χ0n) is 17.8. The second-order valence-corrected chi connectivity index (χ2v) is 10.6. The molecule has 1 fully saturated rings. The predicted molar refractivity (Wildman–Crippen MR) is 123 cm³/mol. The van der Waals surface area contributed by atoms with E-state index >= 15 is 0 Å². The van der Waals surface area contributed by atoms with Gasteiger partial charge in [0.25, 0.3) is 0 Å². The van der Waals surface area contributed by atoms with Gasteiger partial charge >= 0.3 is 0 Å². The lowest BCUT2D eigenvalue weighted by Crippen LogP contribution is -2.43. The van der Waals surface area contributed by atoms with Gasteiger partial charge in [0.1, 0.15) is 10.8 Å². The van der Waals surface area contributed by atoms with E-state index in [1.54, 1.807) is 12.1 Å². The second-order valence-electron chi connectivity index (χ2n) is 7.65. The van der Waals surface area contributed by atoms with Gasteiger partial charge in [0.05, 0.1) is 17.9 Å². The zero-order valence-corrected chi connectivity index (χ0v) is 19.4. The largest absolute Gasteiger partial charge is 0.497 e. The number of hydrogen-bond acceptors (Lipinski definition) is 7. The molecular weight excluding hydrogens is 448 g/mol. The Hall–Kier alpha value is -2.82. The van der Waals surface area contributed by atoms with E-state index in [0.717, 1.165) is 11.1 Å². The molecule has 168 valence electrons. The molecular formula is C22H24N4O4S2. The molecule has 8 nitrogen and oxygen atoms in total. The van der Waals surface area contributed by atoms with Gasteiger partial charge in [0, 0.05) is 18.7 Å². The van der Waals surface area contributed by atoms with Gasteiger partial charge in [-0.3, -0.25) is 4.79 Å². The van der Waals surface area contributed by atoms with Crippen LogP contribution in [0.1, 0.15) is 18.4 Å². The molecule has 2 heterocycles. The molecule has 0 aliphatic carbocycles. The molecule has 1 atom stereocenters. The quantitative estimate of drug-likeness (QED) is 0.589. The fourth-order valence-corrected chi connectivity index (χ4v) is 5.84. The van der Waals surface area contributed by atoms with Gasteiger partial charge < -0.3 is 10.1 Å². The Morgan fingerprint density at radius 1 is 1.12 bits per heavy atom. The zero-order chi connectivity index (χ0) is 22.7. The fraction of sp³-hybridized carbons (Fsp3) is 0.318. The Morgan fingerprint density at radius 3 is 2.53 bits per heavy atom. The van der Waals surface area contributed by atoms with Crippen LogP contribution in [-0.2, 0) is 14.8 Å². The number of piperidine rings is 1. The van der Waals surface area contributed by atoms with E-state index in [-0.39, 0.29) is 17.3 Å². The molecule has 3 aromatic rings. The number of ether oxygens (including phenoxy) is 1. The van der Waals surface area contributed by atoms with Crippen LogP contribution in [0.25, 0.3) is 10.6 Å². The van der Waals surface area contributed by atoms with Gasteiger partial charge in [0.2, 0.25) is 21.1 Å². The summed E-state index contributed by atoms with van der Waals surface area (Å²) in [7, 11) is -2.16. The fourth-order valence-electron chi connectivity index (χ4n) is 3.57. The lowest BCUT2D eigenvalue weighted by molar-refractivity contribution is -0.120. The van der Waals surface area contributed by atoms with E-state index in [9.17, 15) is 13.2 Å². The average Bonchev–Trinajstić information content (AvgIpc) is 3.28. The van der Waals surface area contributed by atoms with Crippen molar-refractivity contribution < 1.29 is 17.9 Å². The van der Waals surface area contributed by atoms with Crippen molar-refractivity contribution in [1.29, 1.82) is 0 Å². The first-order valence-electron chi connectivity index (χ1n) is 10.2. The third kappa shape index (κ3) is 4.82. The third-order valence-electron chi connectivity index (χ3n) is 5.41. The van der Waals surface area contributed by atoms with E-state index in [2.05, 4.69) is 15.5 Å². The monoisotopic (exact) mass is 472 g/mol. The van der Waals surface area contributed by atoms with Gasteiger partial charge in [-0.15, -0.1) is 10.2 Å². The Labute approximate surface area is 191 Å². The number of rotatable bonds is 6. The normalized spacial score (nSPS) is 17.1. The van der Waals surface area contributed by atoms with Crippen molar-refractivity contribution in [3.05, 3.63) is 54.1 Å². The summed E-state index contributed by atoms with van der Waals surface area (Å²) in [6.07, 6.45) is 1.22. The molecule has 0 unspecified atom stereocenters. The highest BCUT2D eigenvalue weighted by molar-refractivity contribution is 7.89. The molecule has 1 aliphatic heterocycles. The second kappa shape index (κ2) is 9.35. The molecule has 0 spiro atoms. The molecule has 10 heteroatoms. The standard InChI is InChI=1S/C22H24N4O4S2/c1-15-5-7-16(8-6-15)21-24-25-22(31-21)23-20(27)17-4-3-13-26(14-17)32(28,29)19-11-9-18(30-2)10-12-19/h5-12,17H,3-4,13-14H2,1-2H3,(H,23,25,27)/t17-/m0/s1. The van der Waals surface area contributed by atoms with Crippen LogP contribution in [0.3, 0.4) is 0 Å². The number of methoxy groups -OCH3 is 1. The highest BCUT2D eigenvalue weighted by atomic mass is 32.2. The van der Waals surface area contributed by atoms with Crippen LogP contribution in [-0.4, -0.2) is 49.0 Å². The predicted octanol–water partition coefficient (Wildman–Crippen LogP) is 3.56. The summed E-state index contributed by atoms with van der Waals surface area (Å²) in [4.78, 5) is 13.0. The molecule has 32 heavy (non-hydrogen) atoms. The number of hydrogen-bond donors (Lipinski definition) is 1. The summed E-state index contributed by atoms with van der Waals surface area (Å²) >= 11 is 1.29. The summed E-state index contributed by atoms with van der Waals surface area (Å²) in [5.74, 6) is -0.114. The Bertz CT molecular complexity index is 1190. The van der Waals surface area contributed by atoms with E-state index in [1.807, 2.05) is 31.2 Å². The molecule has 4 rings (SSSR count). The summed E-state index contributed by atoms with van der Waals surface area (Å²) < 4.78 is 32.5. The first-order valence-corrected chi connectivity index (χ1v) is 12.5. The van der Waals surface area contributed by atoms with Crippen molar-refractivity contribution in [3.8, 4) is 16.3 Å². The van der Waals surface area contributed by atoms with Gasteiger partial charge in [-0.2, -0.15) is 4.31 Å². The van der Waals surface area contributed by atoms with Crippen molar-refractivity contribution in [2.45, 2.75) is 24.7 Å². The number of sulfonamides is 1. The highest BCUT2D eigenvalue weighted by Crippen LogP contribution is 2.29. The molecule has 0 bridgehead atoms. The van der Waals surface area contributed by atoms with E-state index < -0.39 is 15.9 Å². The van der Waals surface area contributed by atoms with Crippen molar-refractivity contribution in [2.24, 2.45) is 5.92 Å². The number of carbonyl (C=O) groups excluding carboxylic acids is 1. The van der Waals surface area contributed by atoms with Gasteiger partial charge in [0.15, 0.2) is 0 Å². The Morgan fingerprint density at radius 2 is 1.84 bits per heavy atom. The summed E-state index contributed by atoms with van der Waals surface area (Å²) in [6.45, 7) is 2.52. The van der Waals surface area contributed by atoms with Crippen LogP contribution in [0.5, 0.6) is 5.75 Å². The molecule has 1 amide bonds. The number of amides is 1. The molecule has 0 radical (unpaired) electrons. The van der Waals surface area contributed by atoms with Crippen LogP contribution in [0.2, 0.25) is 0 Å². The maximum absolute atomic E-state index is 13.0. The van der Waals surface area contributed by atoms with E-state index in [1.165, 1.54) is 34.9 Å². The first kappa shape index (κ1) is 22.4. The molecule has 1 N–H and O–H groups in total. The smallest absolute Gasteiger partial charge is 0.243 e. The van der Waals surface area contributed by atoms with Crippen molar-refractivity contribution >= 4 is 32.4 Å². The number of benzene rings is 2. The average molecular weight is 473 g/mol. The lowest BCUT2D eigenvalue weighted by Gasteiger charge is -2.31. The van der Waals surface area contributed by atoms with Crippen molar-refractivity contribution in [2.75, 3.05) is 25.5 Å². The topological polar surface area (TPSA) is 101 Å². The Kier molecular flexibility index (Phi) is 6.54. The molecule has 2 aromatic carbocycles. The van der Waals surface area contributed by atoms with Gasteiger partial charge in [-0.05, 0) is 44.0 Å². The first-order chi connectivity index (χ1) is 15.4. The minimum absolute atomic E-state index is 0.129. The molecule has 0 saturated carbocycles. The van der Waals surface area contributed by atoms with Crippen molar-refractivity contribution in [3.63, 3.8) is 0 Å². The van der Waals surface area contributed by atoms with Crippen LogP contribution < -0.4 is 10.1 Å². The van der Waals surface area contributed by atoms with Crippen LogP contribution >= 0.6 is 11.3 Å². The molecule has 1 aromatic heterocycles.